The van der Waals surface area contributed by atoms with E-state index in [1.165, 1.54) is 0 Å². The molecule has 3 nitrogen and oxygen atoms in total. The lowest BCUT2D eigenvalue weighted by molar-refractivity contribution is -0.140. The van der Waals surface area contributed by atoms with Gasteiger partial charge in [-0.1, -0.05) is 0 Å². The second-order valence-electron chi connectivity index (χ2n) is 3.41. The van der Waals surface area contributed by atoms with Crippen molar-refractivity contribution in [3.8, 4) is 0 Å². The third-order valence-corrected chi connectivity index (χ3v) is 3.63. The predicted octanol–water partition coefficient (Wildman–Crippen LogP) is 2.28. The van der Waals surface area contributed by atoms with Gasteiger partial charge in [-0.2, -0.15) is 13.2 Å². The van der Waals surface area contributed by atoms with Crippen LogP contribution in [-0.2, 0) is 16.4 Å². The fourth-order valence-electron chi connectivity index (χ4n) is 1.32. The second kappa shape index (κ2) is 2.94. The molecule has 0 aromatic carbocycles. The molecule has 0 radical (unpaired) electrons. The number of hydrogen-bond donors (Lipinski definition) is 1. The Morgan fingerprint density at radius 1 is 1.53 bits per heavy atom. The van der Waals surface area contributed by atoms with Crippen molar-refractivity contribution in [1.82, 2.24) is 4.98 Å². The molecule has 82 valence electrons. The summed E-state index contributed by atoms with van der Waals surface area (Å²) in [7, 11) is 0. The third kappa shape index (κ3) is 1.60. The fourth-order valence-corrected chi connectivity index (χ4v) is 2.34. The summed E-state index contributed by atoms with van der Waals surface area (Å²) >= 11 is 0.421. The zero-order chi connectivity index (χ0) is 11.3. The van der Waals surface area contributed by atoms with Crippen molar-refractivity contribution in [3.05, 3.63) is 16.1 Å². The maximum absolute atomic E-state index is 12.2. The molecule has 7 heteroatoms. The first-order chi connectivity index (χ1) is 6.86. The number of rotatable bonds is 2. The third-order valence-electron chi connectivity index (χ3n) is 2.38. The van der Waals surface area contributed by atoms with Crippen molar-refractivity contribution in [1.29, 1.82) is 0 Å². The highest BCUT2D eigenvalue weighted by Gasteiger charge is 2.54. The van der Waals surface area contributed by atoms with Gasteiger partial charge >= 0.3 is 12.1 Å². The normalized spacial score (nSPS) is 18.9. The van der Waals surface area contributed by atoms with Crippen molar-refractivity contribution < 1.29 is 23.1 Å². The topological polar surface area (TPSA) is 50.2 Å². The van der Waals surface area contributed by atoms with Gasteiger partial charge in [0.05, 0.1) is 0 Å². The molecule has 2 rings (SSSR count). The molecule has 0 atom stereocenters. The van der Waals surface area contributed by atoms with Crippen LogP contribution in [-0.4, -0.2) is 16.1 Å². The van der Waals surface area contributed by atoms with Crippen LogP contribution < -0.4 is 0 Å². The molecule has 0 spiro atoms. The molecule has 1 heterocycles. The summed E-state index contributed by atoms with van der Waals surface area (Å²) in [5, 5.41) is 7.89. The number of aromatic nitrogens is 1. The molecule has 1 aromatic heterocycles. The van der Waals surface area contributed by atoms with Gasteiger partial charge in [0.15, 0.2) is 5.01 Å². The van der Waals surface area contributed by atoms with Crippen LogP contribution in [0.2, 0.25) is 0 Å². The first-order valence-electron chi connectivity index (χ1n) is 4.13. The number of carboxylic acid groups (broad SMARTS) is 1. The van der Waals surface area contributed by atoms with Gasteiger partial charge in [-0.05, 0) is 12.8 Å². The molecule has 1 saturated carbocycles. The number of alkyl halides is 3. The molecule has 1 N–H and O–H groups in total. The first kappa shape index (κ1) is 10.4. The Kier molecular flexibility index (Phi) is 2.04. The molecule has 0 aliphatic heterocycles. The van der Waals surface area contributed by atoms with Crippen molar-refractivity contribution in [3.63, 3.8) is 0 Å². The maximum Gasteiger partial charge on any atom is 0.443 e. The SMILES string of the molecule is O=C(O)C1(c2cnc(C(F)(F)F)s2)CC1. The zero-order valence-electron chi connectivity index (χ0n) is 7.34. The van der Waals surface area contributed by atoms with E-state index in [2.05, 4.69) is 4.98 Å². The van der Waals surface area contributed by atoms with E-state index in [-0.39, 0.29) is 4.88 Å². The predicted molar refractivity (Wildman–Crippen MR) is 45.7 cm³/mol. The van der Waals surface area contributed by atoms with Gasteiger partial charge in [0.25, 0.3) is 0 Å². The van der Waals surface area contributed by atoms with Gasteiger partial charge in [0.1, 0.15) is 5.41 Å². The number of carboxylic acids is 1. The summed E-state index contributed by atoms with van der Waals surface area (Å²) in [6.07, 6.45) is -2.68. The van der Waals surface area contributed by atoms with Gasteiger partial charge < -0.3 is 5.11 Å². The monoisotopic (exact) mass is 237 g/mol. The van der Waals surface area contributed by atoms with Gasteiger partial charge in [-0.15, -0.1) is 11.3 Å². The number of carbonyl (C=O) groups is 1. The Morgan fingerprint density at radius 3 is 2.47 bits per heavy atom. The highest BCUT2D eigenvalue weighted by atomic mass is 32.1. The molecule has 15 heavy (non-hydrogen) atoms. The van der Waals surface area contributed by atoms with E-state index in [1.54, 1.807) is 0 Å². The van der Waals surface area contributed by atoms with E-state index in [9.17, 15) is 18.0 Å². The molecular weight excluding hydrogens is 231 g/mol. The highest BCUT2D eigenvalue weighted by molar-refractivity contribution is 7.12. The van der Waals surface area contributed by atoms with E-state index >= 15 is 0 Å². The second-order valence-corrected chi connectivity index (χ2v) is 4.45. The van der Waals surface area contributed by atoms with Crippen LogP contribution in [0, 0.1) is 0 Å². The molecule has 0 saturated heterocycles. The fraction of sp³-hybridized carbons (Fsp3) is 0.500. The van der Waals surface area contributed by atoms with E-state index in [0.29, 0.717) is 24.2 Å². The highest BCUT2D eigenvalue weighted by Crippen LogP contribution is 2.51. The first-order valence-corrected chi connectivity index (χ1v) is 4.95. The lowest BCUT2D eigenvalue weighted by atomic mass is 10.1. The zero-order valence-corrected chi connectivity index (χ0v) is 8.15. The summed E-state index contributed by atoms with van der Waals surface area (Å²) in [6, 6.07) is 0. The Bertz CT molecular complexity index is 408. The average Bonchev–Trinajstić information content (AvgIpc) is 2.75. The Balaban J connectivity index is 2.33. The number of thiazole rings is 1. The summed E-state index contributed by atoms with van der Waals surface area (Å²) in [5.74, 6) is -1.07. The van der Waals surface area contributed by atoms with Crippen molar-refractivity contribution in [2.75, 3.05) is 0 Å². The van der Waals surface area contributed by atoms with E-state index in [4.69, 9.17) is 5.11 Å². The summed E-state index contributed by atoms with van der Waals surface area (Å²) < 4.78 is 36.6. The Labute approximate surface area is 86.6 Å². The van der Waals surface area contributed by atoms with E-state index < -0.39 is 22.6 Å². The minimum absolute atomic E-state index is 0.197. The van der Waals surface area contributed by atoms with Crippen LogP contribution in [0.3, 0.4) is 0 Å². The van der Waals surface area contributed by atoms with E-state index in [0.717, 1.165) is 6.20 Å². The molecule has 0 amide bonds. The van der Waals surface area contributed by atoms with Crippen molar-refractivity contribution in [2.24, 2.45) is 0 Å². The largest absolute Gasteiger partial charge is 0.481 e. The van der Waals surface area contributed by atoms with Gasteiger partial charge in [0.2, 0.25) is 0 Å². The van der Waals surface area contributed by atoms with Crippen LogP contribution in [0.1, 0.15) is 22.7 Å². The molecule has 1 fully saturated rings. The molecule has 0 bridgehead atoms. The number of halogens is 3. The molecule has 1 aliphatic rings. The van der Waals surface area contributed by atoms with E-state index in [1.807, 2.05) is 0 Å². The standard InChI is InChI=1S/C8H6F3NO2S/c9-8(10,11)5-12-3-4(15-5)7(1-2-7)6(13)14/h3H,1-2H2,(H,13,14). The van der Waals surface area contributed by atoms with Gasteiger partial charge in [0, 0.05) is 11.1 Å². The quantitative estimate of drug-likeness (QED) is 0.858. The van der Waals surface area contributed by atoms with Gasteiger partial charge in [-0.3, -0.25) is 4.79 Å². The minimum atomic E-state index is -4.49. The number of hydrogen-bond acceptors (Lipinski definition) is 3. The smallest absolute Gasteiger partial charge is 0.443 e. The molecule has 1 aromatic rings. The Morgan fingerprint density at radius 2 is 2.13 bits per heavy atom. The maximum atomic E-state index is 12.2. The number of aliphatic carboxylic acids is 1. The van der Waals surface area contributed by atoms with Crippen LogP contribution in [0.4, 0.5) is 13.2 Å². The average molecular weight is 237 g/mol. The number of nitrogens with zero attached hydrogens (tertiary/aromatic N) is 1. The molecule has 0 unspecified atom stereocenters. The van der Waals surface area contributed by atoms with Crippen molar-refractivity contribution in [2.45, 2.75) is 24.4 Å². The lowest BCUT2D eigenvalue weighted by Crippen LogP contribution is -2.17. The Hall–Kier alpha value is -1.11. The van der Waals surface area contributed by atoms with Crippen LogP contribution in [0.25, 0.3) is 0 Å². The van der Waals surface area contributed by atoms with Gasteiger partial charge in [-0.25, -0.2) is 4.98 Å². The minimum Gasteiger partial charge on any atom is -0.481 e. The lowest BCUT2D eigenvalue weighted by Gasteiger charge is -2.04. The van der Waals surface area contributed by atoms with Crippen LogP contribution in [0.5, 0.6) is 0 Å². The van der Waals surface area contributed by atoms with Crippen LogP contribution in [0.15, 0.2) is 6.20 Å². The molecule has 1 aliphatic carbocycles. The summed E-state index contributed by atoms with van der Waals surface area (Å²) in [5.41, 5.74) is -1.10. The molecular formula is C8H6F3NO2S. The summed E-state index contributed by atoms with van der Waals surface area (Å²) in [4.78, 5) is 14.2. The van der Waals surface area contributed by atoms with Crippen LogP contribution >= 0.6 is 11.3 Å². The van der Waals surface area contributed by atoms with Crippen molar-refractivity contribution >= 4 is 17.3 Å². The summed E-state index contributed by atoms with van der Waals surface area (Å²) in [6.45, 7) is 0.